The molecule has 0 bridgehead atoms. The van der Waals surface area contributed by atoms with Crippen molar-refractivity contribution in [1.29, 1.82) is 0 Å². The van der Waals surface area contributed by atoms with Crippen molar-refractivity contribution in [2.45, 2.75) is 12.5 Å². The zero-order valence-electron chi connectivity index (χ0n) is 6.33. The largest absolute Gasteiger partial charge is 0.388 e. The van der Waals surface area contributed by atoms with Crippen LogP contribution in [0.4, 0.5) is 0 Å². The summed E-state index contributed by atoms with van der Waals surface area (Å²) >= 11 is 0. The zero-order valence-corrected chi connectivity index (χ0v) is 6.33. The molecule has 1 atom stereocenters. The van der Waals surface area contributed by atoms with E-state index in [0.29, 0.717) is 13.0 Å². The van der Waals surface area contributed by atoms with Crippen LogP contribution in [-0.4, -0.2) is 11.7 Å². The molecule has 0 aromatic heterocycles. The lowest BCUT2D eigenvalue weighted by Gasteiger charge is -2.07. The molecule has 2 nitrogen and oxygen atoms in total. The van der Waals surface area contributed by atoms with E-state index in [1.54, 1.807) is 12.1 Å². The minimum Gasteiger partial charge on any atom is -0.388 e. The maximum absolute atomic E-state index is 9.42. The van der Waals surface area contributed by atoms with Gasteiger partial charge < -0.3 is 10.8 Å². The van der Waals surface area contributed by atoms with E-state index >= 15 is 0 Å². The van der Waals surface area contributed by atoms with E-state index in [1.165, 1.54) is 0 Å². The number of hydrogen-bond donors (Lipinski definition) is 2. The molecule has 1 radical (unpaired) electrons. The standard InChI is InChI=1S/C9H12NO/c10-7-6-9(11)8-4-2-1-3-5-8/h1-2,4-5,9,11H,6-7,10H2. The maximum Gasteiger partial charge on any atom is 0.0802 e. The molecular weight excluding hydrogens is 138 g/mol. The Bertz CT molecular complexity index is 198. The Morgan fingerprint density at radius 3 is 3.00 bits per heavy atom. The topological polar surface area (TPSA) is 46.2 Å². The Kier molecular flexibility index (Phi) is 3.08. The van der Waals surface area contributed by atoms with Gasteiger partial charge in [-0.05, 0) is 30.7 Å². The monoisotopic (exact) mass is 150 g/mol. The molecule has 11 heavy (non-hydrogen) atoms. The molecule has 0 aliphatic rings. The molecule has 1 unspecified atom stereocenters. The van der Waals surface area contributed by atoms with Crippen molar-refractivity contribution in [3.8, 4) is 0 Å². The minimum absolute atomic E-state index is 0.433. The highest BCUT2D eigenvalue weighted by atomic mass is 16.3. The number of hydrogen-bond acceptors (Lipinski definition) is 2. The third-order valence-corrected chi connectivity index (χ3v) is 1.56. The van der Waals surface area contributed by atoms with E-state index in [-0.39, 0.29) is 0 Å². The van der Waals surface area contributed by atoms with Gasteiger partial charge in [-0.1, -0.05) is 18.2 Å². The fraction of sp³-hybridized carbons (Fsp3) is 0.333. The summed E-state index contributed by atoms with van der Waals surface area (Å²) < 4.78 is 0. The zero-order chi connectivity index (χ0) is 8.10. The minimum atomic E-state index is -0.433. The van der Waals surface area contributed by atoms with Crippen LogP contribution in [-0.2, 0) is 0 Å². The van der Waals surface area contributed by atoms with Gasteiger partial charge in [0.25, 0.3) is 0 Å². The summed E-state index contributed by atoms with van der Waals surface area (Å²) in [5.41, 5.74) is 6.18. The van der Waals surface area contributed by atoms with Crippen molar-refractivity contribution in [3.63, 3.8) is 0 Å². The molecule has 1 aromatic rings. The summed E-state index contributed by atoms with van der Waals surface area (Å²) in [4.78, 5) is 0. The van der Waals surface area contributed by atoms with Crippen LogP contribution in [0.1, 0.15) is 18.1 Å². The lowest BCUT2D eigenvalue weighted by atomic mass is 10.1. The van der Waals surface area contributed by atoms with Gasteiger partial charge in [0, 0.05) is 0 Å². The van der Waals surface area contributed by atoms with Crippen molar-refractivity contribution < 1.29 is 5.11 Å². The molecule has 0 spiro atoms. The lowest BCUT2D eigenvalue weighted by molar-refractivity contribution is 0.170. The Morgan fingerprint density at radius 1 is 1.64 bits per heavy atom. The van der Waals surface area contributed by atoms with Gasteiger partial charge in [-0.2, -0.15) is 0 Å². The summed E-state index contributed by atoms with van der Waals surface area (Å²) in [7, 11) is 0. The van der Waals surface area contributed by atoms with Crippen molar-refractivity contribution >= 4 is 0 Å². The van der Waals surface area contributed by atoms with Gasteiger partial charge in [0.2, 0.25) is 0 Å². The Hall–Kier alpha value is -0.860. The fourth-order valence-electron chi connectivity index (χ4n) is 0.939. The molecule has 3 N–H and O–H groups in total. The van der Waals surface area contributed by atoms with E-state index in [9.17, 15) is 5.11 Å². The second-order valence-electron chi connectivity index (χ2n) is 2.43. The van der Waals surface area contributed by atoms with E-state index < -0.39 is 6.10 Å². The predicted molar refractivity (Wildman–Crippen MR) is 43.9 cm³/mol. The van der Waals surface area contributed by atoms with Gasteiger partial charge in [-0.3, -0.25) is 0 Å². The number of rotatable bonds is 3. The van der Waals surface area contributed by atoms with E-state index in [2.05, 4.69) is 6.07 Å². The average Bonchev–Trinajstić information content (AvgIpc) is 2.07. The molecule has 1 rings (SSSR count). The summed E-state index contributed by atoms with van der Waals surface area (Å²) in [6.07, 6.45) is 0.176. The Morgan fingerprint density at radius 2 is 2.45 bits per heavy atom. The smallest absolute Gasteiger partial charge is 0.0802 e. The van der Waals surface area contributed by atoms with Gasteiger partial charge in [0.05, 0.1) is 6.10 Å². The normalized spacial score (nSPS) is 12.9. The predicted octanol–water partition coefficient (Wildman–Crippen LogP) is 0.869. The fourth-order valence-corrected chi connectivity index (χ4v) is 0.939. The van der Waals surface area contributed by atoms with Crippen molar-refractivity contribution in [1.82, 2.24) is 0 Å². The summed E-state index contributed by atoms with van der Waals surface area (Å²) in [6, 6.07) is 10.2. The first-order valence-electron chi connectivity index (χ1n) is 3.68. The molecule has 0 heterocycles. The number of nitrogens with two attached hydrogens (primary N) is 1. The van der Waals surface area contributed by atoms with Crippen LogP contribution < -0.4 is 5.73 Å². The van der Waals surface area contributed by atoms with Crippen LogP contribution in [0.2, 0.25) is 0 Å². The second-order valence-corrected chi connectivity index (χ2v) is 2.43. The van der Waals surface area contributed by atoms with E-state index in [0.717, 1.165) is 5.56 Å². The van der Waals surface area contributed by atoms with E-state index in [4.69, 9.17) is 5.73 Å². The number of aliphatic hydroxyl groups is 1. The highest BCUT2D eigenvalue weighted by molar-refractivity contribution is 5.16. The molecule has 0 saturated heterocycles. The Balaban J connectivity index is 2.61. The van der Waals surface area contributed by atoms with Crippen LogP contribution in [0.25, 0.3) is 0 Å². The van der Waals surface area contributed by atoms with Crippen molar-refractivity contribution in [2.75, 3.05) is 6.54 Å². The highest BCUT2D eigenvalue weighted by Gasteiger charge is 2.03. The van der Waals surface area contributed by atoms with Crippen LogP contribution >= 0.6 is 0 Å². The maximum atomic E-state index is 9.42. The molecule has 59 valence electrons. The molecule has 0 amide bonds. The van der Waals surface area contributed by atoms with E-state index in [1.807, 2.05) is 12.1 Å². The number of aliphatic hydroxyl groups excluding tert-OH is 1. The summed E-state index contributed by atoms with van der Waals surface area (Å²) in [5.74, 6) is 0. The van der Waals surface area contributed by atoms with Gasteiger partial charge in [-0.15, -0.1) is 0 Å². The second kappa shape index (κ2) is 4.11. The van der Waals surface area contributed by atoms with Crippen LogP contribution in [0, 0.1) is 6.07 Å². The lowest BCUT2D eigenvalue weighted by Crippen LogP contribution is -2.06. The van der Waals surface area contributed by atoms with Gasteiger partial charge >= 0.3 is 0 Å². The highest BCUT2D eigenvalue weighted by Crippen LogP contribution is 2.13. The third kappa shape index (κ3) is 2.33. The third-order valence-electron chi connectivity index (χ3n) is 1.56. The molecule has 0 saturated carbocycles. The number of benzene rings is 1. The van der Waals surface area contributed by atoms with Gasteiger partial charge in [-0.25, -0.2) is 0 Å². The molecule has 1 aromatic carbocycles. The van der Waals surface area contributed by atoms with Crippen molar-refractivity contribution in [3.05, 3.63) is 35.9 Å². The molecular formula is C9H12NO. The Labute approximate surface area is 66.7 Å². The molecule has 2 heteroatoms. The first-order valence-corrected chi connectivity index (χ1v) is 3.68. The summed E-state index contributed by atoms with van der Waals surface area (Å²) in [5, 5.41) is 9.42. The van der Waals surface area contributed by atoms with Crippen LogP contribution in [0.3, 0.4) is 0 Å². The first kappa shape index (κ1) is 8.24. The first-order chi connectivity index (χ1) is 5.34. The molecule has 0 fully saturated rings. The van der Waals surface area contributed by atoms with Crippen LogP contribution in [0.15, 0.2) is 24.3 Å². The van der Waals surface area contributed by atoms with Crippen LogP contribution in [0.5, 0.6) is 0 Å². The quantitative estimate of drug-likeness (QED) is 0.671. The average molecular weight is 150 g/mol. The van der Waals surface area contributed by atoms with Gasteiger partial charge in [0.15, 0.2) is 0 Å². The van der Waals surface area contributed by atoms with Crippen molar-refractivity contribution in [2.24, 2.45) is 5.73 Å². The van der Waals surface area contributed by atoms with Gasteiger partial charge in [0.1, 0.15) is 0 Å². The SMILES string of the molecule is NCCC(O)c1c[c]ccc1. The summed E-state index contributed by atoms with van der Waals surface area (Å²) in [6.45, 7) is 0.510. The molecule has 0 aliphatic heterocycles. The molecule has 0 aliphatic carbocycles.